The van der Waals surface area contributed by atoms with Crippen molar-refractivity contribution in [2.45, 2.75) is 34.6 Å². The van der Waals surface area contributed by atoms with Crippen LogP contribution < -0.4 is 15.0 Å². The van der Waals surface area contributed by atoms with Gasteiger partial charge in [0.05, 0.1) is 18.8 Å². The van der Waals surface area contributed by atoms with Gasteiger partial charge < -0.3 is 20.1 Å². The fourth-order valence-electron chi connectivity index (χ4n) is 3.68. The molecule has 2 aromatic heterocycles. The Labute approximate surface area is 229 Å². The SMILES string of the molecule is Br.O=C(Cc1cccs1)N[C@@H]1C(=O)N2C=C(C[n+]3ccc(C(=O)[O-])cc3CC(Cl)(Cl)Cl)CS[C@@H]12. The number of hydrogen-bond donors (Lipinski definition) is 1. The third kappa shape index (κ3) is 6.47. The van der Waals surface area contributed by atoms with Crippen LogP contribution in [0, 0.1) is 0 Å². The molecule has 7 nitrogen and oxygen atoms in total. The molecule has 1 fully saturated rings. The highest BCUT2D eigenvalue weighted by Gasteiger charge is 2.49. The minimum atomic E-state index is -1.60. The Morgan fingerprint density at radius 3 is 2.71 bits per heavy atom. The molecule has 0 saturated carbocycles. The van der Waals surface area contributed by atoms with Crippen LogP contribution in [0.5, 0.6) is 0 Å². The molecule has 1 N–H and O–H groups in total. The maximum absolute atomic E-state index is 12.6. The van der Waals surface area contributed by atoms with Crippen LogP contribution in [0.4, 0.5) is 0 Å². The first kappa shape index (κ1) is 27.3. The zero-order valence-electron chi connectivity index (χ0n) is 17.4. The van der Waals surface area contributed by atoms with Gasteiger partial charge in [-0.25, -0.2) is 0 Å². The van der Waals surface area contributed by atoms with Crippen LogP contribution in [-0.2, 0) is 29.0 Å². The minimum absolute atomic E-state index is 0. The third-order valence-corrected chi connectivity index (χ3v) is 7.84. The number of β-lactam (4-membered cyclic amide) rings is 1. The summed E-state index contributed by atoms with van der Waals surface area (Å²) in [6, 6.07) is 6.07. The van der Waals surface area contributed by atoms with E-state index in [2.05, 4.69) is 5.32 Å². The molecule has 2 aromatic rings. The van der Waals surface area contributed by atoms with Crippen LogP contribution in [0.2, 0.25) is 0 Å². The average Bonchev–Trinajstić information content (AvgIpc) is 3.25. The lowest BCUT2D eigenvalue weighted by molar-refractivity contribution is -0.696. The maximum Gasteiger partial charge on any atom is 0.253 e. The molecule has 182 valence electrons. The number of nitrogens with one attached hydrogen (secondary N) is 1. The van der Waals surface area contributed by atoms with Crippen molar-refractivity contribution in [1.82, 2.24) is 10.2 Å². The molecule has 1 saturated heterocycles. The van der Waals surface area contributed by atoms with Crippen LogP contribution in [0.1, 0.15) is 20.9 Å². The topological polar surface area (TPSA) is 93.4 Å². The largest absolute Gasteiger partial charge is 0.545 e. The van der Waals surface area contributed by atoms with Gasteiger partial charge in [0.25, 0.3) is 5.91 Å². The van der Waals surface area contributed by atoms with Crippen LogP contribution in [0.3, 0.4) is 0 Å². The van der Waals surface area contributed by atoms with E-state index in [1.54, 1.807) is 33.6 Å². The van der Waals surface area contributed by atoms with Gasteiger partial charge in [-0.15, -0.1) is 40.1 Å². The summed E-state index contributed by atoms with van der Waals surface area (Å²) in [7, 11) is 0. The molecule has 2 atom stereocenters. The average molecular weight is 628 g/mol. The van der Waals surface area contributed by atoms with Crippen molar-refractivity contribution in [3.05, 3.63) is 63.7 Å². The van der Waals surface area contributed by atoms with Crippen molar-refractivity contribution in [2.24, 2.45) is 0 Å². The van der Waals surface area contributed by atoms with Gasteiger partial charge in [-0.2, -0.15) is 4.57 Å². The Kier molecular flexibility index (Phi) is 8.97. The number of carboxylic acids is 1. The Hall–Kier alpha value is -1.30. The van der Waals surface area contributed by atoms with Gasteiger partial charge in [-0.05, 0) is 11.4 Å². The number of hydrogen-bond acceptors (Lipinski definition) is 6. The van der Waals surface area contributed by atoms with E-state index in [1.165, 1.54) is 23.5 Å². The number of fused-ring (bicyclic) bond motifs is 1. The summed E-state index contributed by atoms with van der Waals surface area (Å²) in [5.74, 6) is -1.02. The summed E-state index contributed by atoms with van der Waals surface area (Å²) in [6.45, 7) is 0.391. The molecule has 4 heterocycles. The predicted octanol–water partition coefficient (Wildman–Crippen LogP) is 2.42. The number of carbonyl (C=O) groups is 3. The quantitative estimate of drug-likeness (QED) is 0.289. The Morgan fingerprint density at radius 1 is 1.29 bits per heavy atom. The van der Waals surface area contributed by atoms with Crippen molar-refractivity contribution in [1.29, 1.82) is 0 Å². The lowest BCUT2D eigenvalue weighted by Gasteiger charge is -2.47. The van der Waals surface area contributed by atoms with E-state index < -0.39 is 15.8 Å². The number of thiophene rings is 1. The van der Waals surface area contributed by atoms with Gasteiger partial charge in [-0.3, -0.25) is 9.59 Å². The van der Waals surface area contributed by atoms with Crippen molar-refractivity contribution in [2.75, 3.05) is 5.75 Å². The normalized spacial score (nSPS) is 19.4. The predicted molar refractivity (Wildman–Crippen MR) is 136 cm³/mol. The van der Waals surface area contributed by atoms with E-state index in [4.69, 9.17) is 34.8 Å². The molecule has 2 aliphatic rings. The van der Waals surface area contributed by atoms with E-state index in [-0.39, 0.29) is 52.6 Å². The number of nitrogens with zero attached hydrogens (tertiary/aromatic N) is 2. The number of aromatic nitrogens is 1. The molecule has 0 spiro atoms. The first-order chi connectivity index (χ1) is 15.6. The molecule has 0 bridgehead atoms. The minimum Gasteiger partial charge on any atom is -0.545 e. The molecule has 2 amide bonds. The number of carbonyl (C=O) groups excluding carboxylic acids is 3. The van der Waals surface area contributed by atoms with E-state index in [0.29, 0.717) is 18.0 Å². The first-order valence-electron chi connectivity index (χ1n) is 9.86. The van der Waals surface area contributed by atoms with E-state index in [9.17, 15) is 19.5 Å². The zero-order valence-corrected chi connectivity index (χ0v) is 23.0. The Bertz CT molecular complexity index is 1120. The molecule has 13 heteroatoms. The van der Waals surface area contributed by atoms with Crippen molar-refractivity contribution in [3.63, 3.8) is 0 Å². The van der Waals surface area contributed by atoms with E-state index in [0.717, 1.165) is 10.5 Å². The van der Waals surface area contributed by atoms with Gasteiger partial charge >= 0.3 is 0 Å². The number of aromatic carboxylic acids is 1. The third-order valence-electron chi connectivity index (χ3n) is 5.19. The van der Waals surface area contributed by atoms with Crippen LogP contribution in [0.25, 0.3) is 0 Å². The molecule has 0 unspecified atom stereocenters. The maximum atomic E-state index is 12.6. The lowest BCUT2D eigenvalue weighted by atomic mass is 10.1. The monoisotopic (exact) mass is 625 g/mol. The zero-order chi connectivity index (χ0) is 23.8. The Morgan fingerprint density at radius 2 is 2.06 bits per heavy atom. The van der Waals surface area contributed by atoms with Crippen molar-refractivity contribution < 1.29 is 24.1 Å². The summed E-state index contributed by atoms with van der Waals surface area (Å²) in [5.41, 5.74) is 1.43. The van der Waals surface area contributed by atoms with Gasteiger partial charge in [-0.1, -0.05) is 40.9 Å². The Balaban J connectivity index is 0.00000324. The summed E-state index contributed by atoms with van der Waals surface area (Å²) in [4.78, 5) is 38.7. The number of alkyl halides is 3. The molecule has 0 radical (unpaired) electrons. The van der Waals surface area contributed by atoms with Gasteiger partial charge in [0, 0.05) is 40.1 Å². The van der Waals surface area contributed by atoms with E-state index >= 15 is 0 Å². The van der Waals surface area contributed by atoms with Crippen LogP contribution >= 0.6 is 74.9 Å². The van der Waals surface area contributed by atoms with Gasteiger partial charge in [0.1, 0.15) is 11.4 Å². The second kappa shape index (κ2) is 11.2. The summed E-state index contributed by atoms with van der Waals surface area (Å²) >= 11 is 20.9. The fraction of sp³-hybridized carbons (Fsp3) is 0.333. The first-order valence-corrected chi connectivity index (χ1v) is 12.9. The standard InChI is InChI=1S/C21H18Cl3N3O4S2.BrH/c22-21(23,24)8-14-6-13(20(30)31)3-4-26(14)9-12-10-27-18(29)17(19(27)33-11-12)25-16(28)7-15-2-1-5-32-15;/h1-6,10,17,19H,7-9,11H2,(H-,25,28,30,31);1H/t17-,19+;/m1./s1. The van der Waals surface area contributed by atoms with Gasteiger partial charge in [0.15, 0.2) is 22.2 Å². The summed E-state index contributed by atoms with van der Waals surface area (Å²) in [5, 5.41) is 15.8. The number of carboxylic acid groups (broad SMARTS) is 1. The van der Waals surface area contributed by atoms with E-state index in [1.807, 2.05) is 17.5 Å². The van der Waals surface area contributed by atoms with Crippen LogP contribution in [0.15, 0.2) is 47.6 Å². The molecule has 0 aromatic carbocycles. The highest BCUT2D eigenvalue weighted by Crippen LogP contribution is 2.36. The number of rotatable bonds is 7. The summed E-state index contributed by atoms with van der Waals surface area (Å²) < 4.78 is 0.181. The number of thioether (sulfide) groups is 1. The number of halogens is 4. The molecule has 0 aliphatic carbocycles. The van der Waals surface area contributed by atoms with Crippen molar-refractivity contribution >= 4 is 92.7 Å². The second-order valence-electron chi connectivity index (χ2n) is 7.65. The smallest absolute Gasteiger partial charge is 0.253 e. The highest BCUT2D eigenvalue weighted by molar-refractivity contribution is 8.93. The second-order valence-corrected chi connectivity index (χ2v) is 12.3. The van der Waals surface area contributed by atoms with Crippen LogP contribution in [-0.4, -0.2) is 43.6 Å². The fourth-order valence-corrected chi connectivity index (χ4v) is 6.04. The molecular weight excluding hydrogens is 609 g/mol. The molecule has 4 rings (SSSR count). The summed E-state index contributed by atoms with van der Waals surface area (Å²) in [6.07, 6.45) is 3.64. The highest BCUT2D eigenvalue weighted by atomic mass is 79.9. The molecular formula is C21H19BrCl3N3O4S2. The van der Waals surface area contributed by atoms with Gasteiger partial charge in [0.2, 0.25) is 5.91 Å². The number of amides is 2. The lowest BCUT2D eigenvalue weighted by Crippen LogP contribution is -2.68. The molecule has 2 aliphatic heterocycles. The van der Waals surface area contributed by atoms with Crippen molar-refractivity contribution in [3.8, 4) is 0 Å². The molecule has 34 heavy (non-hydrogen) atoms. The number of pyridine rings is 1.